The number of anilines is 1. The van der Waals surface area contributed by atoms with E-state index in [4.69, 9.17) is 10.2 Å². The zero-order valence-corrected chi connectivity index (χ0v) is 11.4. The molecular weight excluding hydrogens is 272 g/mol. The van der Waals surface area contributed by atoms with E-state index in [-0.39, 0.29) is 5.13 Å². The number of hydrogen-bond donors (Lipinski definition) is 4. The summed E-state index contributed by atoms with van der Waals surface area (Å²) in [5, 5.41) is 30.7. The summed E-state index contributed by atoms with van der Waals surface area (Å²) in [7, 11) is 0. The number of carbonyl (C=O) groups excluding carboxylic acids is 1. The van der Waals surface area contributed by atoms with Crippen LogP contribution in [0.4, 0.5) is 9.93 Å². The summed E-state index contributed by atoms with van der Waals surface area (Å²) in [6.45, 7) is 3.40. The van der Waals surface area contributed by atoms with E-state index >= 15 is 0 Å². The highest BCUT2D eigenvalue weighted by Crippen LogP contribution is 2.17. The molecule has 1 aromatic rings. The number of rotatable bonds is 6. The molecule has 0 bridgehead atoms. The summed E-state index contributed by atoms with van der Waals surface area (Å²) in [6.07, 6.45) is 0.759. The third-order valence-electron chi connectivity index (χ3n) is 2.06. The number of nitrogens with one attached hydrogen (secondary N) is 2. The minimum Gasteiger partial charge on any atom is -0.480 e. The van der Waals surface area contributed by atoms with Crippen molar-refractivity contribution in [2.45, 2.75) is 26.3 Å². The number of nitrogens with zero attached hydrogens (tertiary/aromatic N) is 2. The number of aliphatic hydroxyl groups is 1. The second-order valence-electron chi connectivity index (χ2n) is 4.27. The van der Waals surface area contributed by atoms with Gasteiger partial charge < -0.3 is 15.5 Å². The molecule has 106 valence electrons. The van der Waals surface area contributed by atoms with Crippen molar-refractivity contribution in [3.05, 3.63) is 5.01 Å². The first-order valence-corrected chi connectivity index (χ1v) is 6.47. The highest BCUT2D eigenvalue weighted by atomic mass is 32.1. The molecule has 1 atom stereocenters. The molecule has 1 aromatic heterocycles. The number of carboxylic acid groups (broad SMARTS) is 1. The topological polar surface area (TPSA) is 124 Å². The Hall–Kier alpha value is -1.74. The predicted molar refractivity (Wildman–Crippen MR) is 69.1 cm³/mol. The summed E-state index contributed by atoms with van der Waals surface area (Å²) in [4.78, 5) is 22.1. The summed E-state index contributed by atoms with van der Waals surface area (Å²) in [5.41, 5.74) is 0. The molecule has 0 aliphatic carbocycles. The molecule has 8 nitrogen and oxygen atoms in total. The van der Waals surface area contributed by atoms with Crippen LogP contribution in [0, 0.1) is 5.92 Å². The molecule has 0 saturated heterocycles. The lowest BCUT2D eigenvalue weighted by atomic mass is 10.1. The van der Waals surface area contributed by atoms with Crippen LogP contribution in [0.3, 0.4) is 0 Å². The van der Waals surface area contributed by atoms with Gasteiger partial charge in [-0.25, -0.2) is 9.59 Å². The van der Waals surface area contributed by atoms with Gasteiger partial charge >= 0.3 is 12.0 Å². The van der Waals surface area contributed by atoms with Gasteiger partial charge in [0.05, 0.1) is 6.61 Å². The number of hydrogen-bond acceptors (Lipinski definition) is 6. The standard InChI is InChI=1S/C10H16N4O4S/c1-5(2)3-7-13-14-10(19-7)12-9(18)11-6(4-15)8(16)17/h5-6,15H,3-4H2,1-2H3,(H,16,17)(H2,11,12,14,18)/t6-/m0/s1. The summed E-state index contributed by atoms with van der Waals surface area (Å²) < 4.78 is 0. The van der Waals surface area contributed by atoms with E-state index in [0.717, 1.165) is 11.4 Å². The number of aromatic nitrogens is 2. The molecule has 0 unspecified atom stereocenters. The first-order valence-electron chi connectivity index (χ1n) is 5.66. The Balaban J connectivity index is 2.52. The Morgan fingerprint density at radius 1 is 1.37 bits per heavy atom. The van der Waals surface area contributed by atoms with Crippen molar-refractivity contribution in [2.75, 3.05) is 11.9 Å². The van der Waals surface area contributed by atoms with Crippen LogP contribution >= 0.6 is 11.3 Å². The van der Waals surface area contributed by atoms with E-state index in [9.17, 15) is 9.59 Å². The number of urea groups is 1. The Labute approximate surface area is 113 Å². The zero-order chi connectivity index (χ0) is 14.4. The molecule has 0 spiro atoms. The molecule has 9 heteroatoms. The van der Waals surface area contributed by atoms with Gasteiger partial charge in [0.25, 0.3) is 0 Å². The molecular formula is C10H16N4O4S. The van der Waals surface area contributed by atoms with Crippen molar-refractivity contribution in [2.24, 2.45) is 5.92 Å². The van der Waals surface area contributed by atoms with Gasteiger partial charge in [0, 0.05) is 6.42 Å². The quantitative estimate of drug-likeness (QED) is 0.597. The van der Waals surface area contributed by atoms with Crippen LogP contribution in [0.15, 0.2) is 0 Å². The largest absolute Gasteiger partial charge is 0.480 e. The highest BCUT2D eigenvalue weighted by Gasteiger charge is 2.19. The third-order valence-corrected chi connectivity index (χ3v) is 2.92. The average Bonchev–Trinajstić information content (AvgIpc) is 2.71. The van der Waals surface area contributed by atoms with Gasteiger partial charge in [-0.2, -0.15) is 0 Å². The smallest absolute Gasteiger partial charge is 0.328 e. The van der Waals surface area contributed by atoms with Crippen molar-refractivity contribution in [1.82, 2.24) is 15.5 Å². The maximum Gasteiger partial charge on any atom is 0.328 e. The minimum atomic E-state index is -1.34. The second-order valence-corrected chi connectivity index (χ2v) is 5.33. The van der Waals surface area contributed by atoms with Gasteiger partial charge in [-0.05, 0) is 5.92 Å². The van der Waals surface area contributed by atoms with Gasteiger partial charge in [-0.1, -0.05) is 25.2 Å². The fourth-order valence-electron chi connectivity index (χ4n) is 1.21. The van der Waals surface area contributed by atoms with Crippen LogP contribution in [-0.4, -0.2) is 45.1 Å². The van der Waals surface area contributed by atoms with Crippen molar-refractivity contribution >= 4 is 28.5 Å². The van der Waals surface area contributed by atoms with Crippen LogP contribution in [0.25, 0.3) is 0 Å². The molecule has 0 aliphatic rings. The zero-order valence-electron chi connectivity index (χ0n) is 10.6. The first kappa shape index (κ1) is 15.3. The Morgan fingerprint density at radius 3 is 2.58 bits per heavy atom. The van der Waals surface area contributed by atoms with E-state index in [1.165, 1.54) is 11.3 Å². The summed E-state index contributed by atoms with van der Waals surface area (Å²) in [5.74, 6) is -0.879. The van der Waals surface area contributed by atoms with Crippen LogP contribution in [0.5, 0.6) is 0 Å². The molecule has 4 N–H and O–H groups in total. The normalized spacial score (nSPS) is 12.2. The molecule has 1 heterocycles. The van der Waals surface area contributed by atoms with E-state index in [1.807, 2.05) is 13.8 Å². The Bertz CT molecular complexity index is 448. The fraction of sp³-hybridized carbons (Fsp3) is 0.600. The Kier molecular flexibility index (Phi) is 5.64. The van der Waals surface area contributed by atoms with Crippen molar-refractivity contribution in [3.8, 4) is 0 Å². The maximum atomic E-state index is 11.5. The van der Waals surface area contributed by atoms with Crippen molar-refractivity contribution < 1.29 is 19.8 Å². The highest BCUT2D eigenvalue weighted by molar-refractivity contribution is 7.15. The molecule has 0 radical (unpaired) electrons. The van der Waals surface area contributed by atoms with Crippen LogP contribution in [0.1, 0.15) is 18.9 Å². The fourth-order valence-corrected chi connectivity index (χ4v) is 2.16. The second kappa shape index (κ2) is 7.00. The van der Waals surface area contributed by atoms with E-state index in [1.54, 1.807) is 0 Å². The molecule has 0 aromatic carbocycles. The average molecular weight is 288 g/mol. The number of carboxylic acids is 1. The number of aliphatic carboxylic acids is 1. The van der Waals surface area contributed by atoms with Gasteiger partial charge in [-0.3, -0.25) is 5.32 Å². The molecule has 1 rings (SSSR count). The summed E-state index contributed by atoms with van der Waals surface area (Å²) >= 11 is 1.23. The lowest BCUT2D eigenvalue weighted by molar-refractivity contribution is -0.140. The molecule has 0 aliphatic heterocycles. The summed E-state index contributed by atoms with van der Waals surface area (Å²) in [6, 6.07) is -2.09. The van der Waals surface area contributed by atoms with E-state index in [0.29, 0.717) is 5.92 Å². The lowest BCUT2D eigenvalue weighted by Crippen LogP contribution is -2.45. The maximum absolute atomic E-state index is 11.5. The molecule has 0 saturated carbocycles. The van der Waals surface area contributed by atoms with Crippen molar-refractivity contribution in [1.29, 1.82) is 0 Å². The first-order chi connectivity index (χ1) is 8.92. The lowest BCUT2D eigenvalue weighted by Gasteiger charge is -2.10. The molecule has 0 fully saturated rings. The number of amides is 2. The van der Waals surface area contributed by atoms with Crippen molar-refractivity contribution in [3.63, 3.8) is 0 Å². The Morgan fingerprint density at radius 2 is 2.05 bits per heavy atom. The monoisotopic (exact) mass is 288 g/mol. The van der Waals surface area contributed by atoms with Gasteiger partial charge in [0.2, 0.25) is 5.13 Å². The van der Waals surface area contributed by atoms with Crippen LogP contribution < -0.4 is 10.6 Å². The number of aliphatic hydroxyl groups excluding tert-OH is 1. The van der Waals surface area contributed by atoms with Crippen LogP contribution in [-0.2, 0) is 11.2 Å². The third kappa shape index (κ3) is 5.18. The van der Waals surface area contributed by atoms with E-state index in [2.05, 4.69) is 20.8 Å². The van der Waals surface area contributed by atoms with Gasteiger partial charge in [0.15, 0.2) is 6.04 Å². The van der Waals surface area contributed by atoms with Crippen LogP contribution in [0.2, 0.25) is 0 Å². The molecule has 19 heavy (non-hydrogen) atoms. The number of carbonyl (C=O) groups is 2. The van der Waals surface area contributed by atoms with Gasteiger partial charge in [-0.15, -0.1) is 10.2 Å². The SMILES string of the molecule is CC(C)Cc1nnc(NC(=O)N[C@@H](CO)C(=O)O)s1. The minimum absolute atomic E-state index is 0.287. The van der Waals surface area contributed by atoms with E-state index < -0.39 is 24.6 Å². The van der Waals surface area contributed by atoms with Gasteiger partial charge in [0.1, 0.15) is 5.01 Å². The molecule has 2 amide bonds. The predicted octanol–water partition coefficient (Wildman–Crippen LogP) is 0.304.